The number of nitrogens with one attached hydrogen (secondary N) is 2. The second kappa shape index (κ2) is 7.57. The van der Waals surface area contributed by atoms with Gasteiger partial charge in [-0.05, 0) is 18.4 Å². The van der Waals surface area contributed by atoms with E-state index in [9.17, 15) is 8.78 Å². The zero-order valence-electron chi connectivity index (χ0n) is 11.5. The summed E-state index contributed by atoms with van der Waals surface area (Å²) in [6.45, 7) is 3.25. The van der Waals surface area contributed by atoms with Gasteiger partial charge in [0.25, 0.3) is 5.92 Å². The van der Waals surface area contributed by atoms with Crippen LogP contribution in [-0.2, 0) is 12.5 Å². The zero-order valence-corrected chi connectivity index (χ0v) is 13.2. The molecule has 0 saturated heterocycles. The van der Waals surface area contributed by atoms with Crippen molar-refractivity contribution in [3.63, 3.8) is 0 Å². The minimum atomic E-state index is -2.78. The zero-order chi connectivity index (χ0) is 13.7. The monoisotopic (exact) mass is 347 g/mol. The fourth-order valence-corrected chi connectivity index (χ4v) is 1.91. The van der Waals surface area contributed by atoms with Crippen molar-refractivity contribution in [3.8, 4) is 0 Å². The molecule has 1 aliphatic heterocycles. The van der Waals surface area contributed by atoms with Crippen LogP contribution in [0.25, 0.3) is 0 Å². The highest BCUT2D eigenvalue weighted by atomic mass is 79.9. The molecule has 0 amide bonds. The van der Waals surface area contributed by atoms with Crippen LogP contribution in [0, 0.1) is 0 Å². The van der Waals surface area contributed by atoms with Gasteiger partial charge in [0.05, 0.1) is 0 Å². The Hall–Kier alpha value is -1.17. The lowest BCUT2D eigenvalue weighted by molar-refractivity contribution is 0.0174. The number of aliphatic imine (C=N–C) groups is 1. The molecule has 0 radical (unpaired) electrons. The van der Waals surface area contributed by atoms with E-state index in [0.29, 0.717) is 6.54 Å². The van der Waals surface area contributed by atoms with Crippen LogP contribution in [0.1, 0.15) is 30.9 Å². The lowest BCUT2D eigenvalue weighted by atomic mass is 10.1. The molecular formula is C14H20BrF2N3. The number of rotatable bonds is 3. The molecule has 0 aliphatic carbocycles. The van der Waals surface area contributed by atoms with Gasteiger partial charge in [-0.2, -0.15) is 0 Å². The van der Waals surface area contributed by atoms with Crippen LogP contribution >= 0.6 is 17.0 Å². The molecule has 6 heteroatoms. The molecule has 0 aromatic heterocycles. The van der Waals surface area contributed by atoms with Gasteiger partial charge in [0, 0.05) is 32.1 Å². The number of hydrogen-bond acceptors (Lipinski definition) is 3. The molecule has 1 aromatic rings. The summed E-state index contributed by atoms with van der Waals surface area (Å²) in [5, 5.41) is 6.39. The van der Waals surface area contributed by atoms with Gasteiger partial charge in [0.15, 0.2) is 5.96 Å². The summed E-state index contributed by atoms with van der Waals surface area (Å²) in [5.41, 5.74) is 1.00. The first-order valence-corrected chi connectivity index (χ1v) is 6.55. The predicted molar refractivity (Wildman–Crippen MR) is 82.7 cm³/mol. The van der Waals surface area contributed by atoms with E-state index in [2.05, 4.69) is 15.6 Å². The summed E-state index contributed by atoms with van der Waals surface area (Å²) in [5.74, 6) is -1.98. The highest BCUT2D eigenvalue weighted by Gasteiger charge is 2.23. The van der Waals surface area contributed by atoms with Crippen molar-refractivity contribution in [1.82, 2.24) is 10.6 Å². The quantitative estimate of drug-likeness (QED) is 0.880. The Morgan fingerprint density at radius 1 is 1.25 bits per heavy atom. The van der Waals surface area contributed by atoms with Gasteiger partial charge < -0.3 is 10.6 Å². The summed E-state index contributed by atoms with van der Waals surface area (Å²) in [7, 11) is 0. The molecule has 0 bridgehead atoms. The summed E-state index contributed by atoms with van der Waals surface area (Å²) >= 11 is 0. The Balaban J connectivity index is 0.00000200. The van der Waals surface area contributed by atoms with Crippen molar-refractivity contribution < 1.29 is 8.78 Å². The van der Waals surface area contributed by atoms with Crippen LogP contribution in [0.5, 0.6) is 0 Å². The van der Waals surface area contributed by atoms with Crippen molar-refractivity contribution in [1.29, 1.82) is 0 Å². The van der Waals surface area contributed by atoms with Crippen molar-refractivity contribution in [2.75, 3.05) is 13.1 Å². The fourth-order valence-electron chi connectivity index (χ4n) is 1.91. The van der Waals surface area contributed by atoms with E-state index in [1.165, 1.54) is 12.1 Å². The average molecular weight is 348 g/mol. The summed E-state index contributed by atoms with van der Waals surface area (Å²) in [4.78, 5) is 4.37. The van der Waals surface area contributed by atoms with E-state index in [4.69, 9.17) is 0 Å². The molecule has 1 heterocycles. The SMILES string of the molecule is Br.CC(F)(F)c1ccc(CNC2=NCCCCN2)cc1. The number of halogens is 3. The lowest BCUT2D eigenvalue weighted by Crippen LogP contribution is -2.36. The number of hydrogen-bond donors (Lipinski definition) is 2. The van der Waals surface area contributed by atoms with Gasteiger partial charge in [-0.1, -0.05) is 24.3 Å². The van der Waals surface area contributed by atoms with E-state index in [0.717, 1.165) is 44.4 Å². The average Bonchev–Trinajstić information content (AvgIpc) is 2.64. The third kappa shape index (κ3) is 5.07. The predicted octanol–water partition coefficient (Wildman–Crippen LogP) is 3.21. The highest BCUT2D eigenvalue weighted by Crippen LogP contribution is 2.26. The smallest absolute Gasteiger partial charge is 0.270 e. The third-order valence-corrected chi connectivity index (χ3v) is 3.07. The van der Waals surface area contributed by atoms with Gasteiger partial charge in [0.1, 0.15) is 0 Å². The molecule has 1 aliphatic rings. The first-order valence-electron chi connectivity index (χ1n) is 6.55. The first-order chi connectivity index (χ1) is 9.05. The van der Waals surface area contributed by atoms with Crippen molar-refractivity contribution >= 4 is 22.9 Å². The van der Waals surface area contributed by atoms with Crippen LogP contribution < -0.4 is 10.6 Å². The Labute approximate surface area is 128 Å². The van der Waals surface area contributed by atoms with Crippen molar-refractivity contribution in [3.05, 3.63) is 35.4 Å². The summed E-state index contributed by atoms with van der Waals surface area (Å²) in [6.07, 6.45) is 2.22. The van der Waals surface area contributed by atoms with Crippen LogP contribution in [0.2, 0.25) is 0 Å². The Kier molecular flexibility index (Phi) is 6.39. The highest BCUT2D eigenvalue weighted by molar-refractivity contribution is 8.93. The minimum absolute atomic E-state index is 0. The first kappa shape index (κ1) is 16.9. The maximum Gasteiger partial charge on any atom is 0.270 e. The number of nitrogens with zero attached hydrogens (tertiary/aromatic N) is 1. The molecule has 0 saturated carbocycles. The van der Waals surface area contributed by atoms with Crippen molar-refractivity contribution in [2.24, 2.45) is 4.99 Å². The normalized spacial score (nSPS) is 15.4. The van der Waals surface area contributed by atoms with Gasteiger partial charge in [0.2, 0.25) is 0 Å². The van der Waals surface area contributed by atoms with Crippen LogP contribution in [0.3, 0.4) is 0 Å². The molecule has 0 fully saturated rings. The summed E-state index contributed by atoms with van der Waals surface area (Å²) in [6, 6.07) is 6.38. The van der Waals surface area contributed by atoms with E-state index in [1.54, 1.807) is 12.1 Å². The van der Waals surface area contributed by atoms with Crippen LogP contribution in [0.4, 0.5) is 8.78 Å². The van der Waals surface area contributed by atoms with Gasteiger partial charge in [-0.15, -0.1) is 17.0 Å². The Bertz CT molecular complexity index is 441. The molecular weight excluding hydrogens is 328 g/mol. The number of guanidine groups is 1. The van der Waals surface area contributed by atoms with Gasteiger partial charge in [-0.25, -0.2) is 8.78 Å². The van der Waals surface area contributed by atoms with Crippen LogP contribution in [0.15, 0.2) is 29.3 Å². The maximum absolute atomic E-state index is 13.1. The Morgan fingerprint density at radius 3 is 2.60 bits per heavy atom. The molecule has 3 nitrogen and oxygen atoms in total. The van der Waals surface area contributed by atoms with Gasteiger partial charge in [-0.3, -0.25) is 4.99 Å². The molecule has 1 aromatic carbocycles. The summed E-state index contributed by atoms with van der Waals surface area (Å²) < 4.78 is 26.1. The largest absolute Gasteiger partial charge is 0.356 e. The second-order valence-electron chi connectivity index (χ2n) is 4.80. The fraction of sp³-hybridized carbons (Fsp3) is 0.500. The van der Waals surface area contributed by atoms with E-state index in [-0.39, 0.29) is 22.5 Å². The topological polar surface area (TPSA) is 36.4 Å². The van der Waals surface area contributed by atoms with E-state index >= 15 is 0 Å². The third-order valence-electron chi connectivity index (χ3n) is 3.07. The second-order valence-corrected chi connectivity index (χ2v) is 4.80. The molecule has 0 atom stereocenters. The van der Waals surface area contributed by atoms with E-state index in [1.807, 2.05) is 0 Å². The van der Waals surface area contributed by atoms with E-state index < -0.39 is 5.92 Å². The molecule has 2 N–H and O–H groups in total. The van der Waals surface area contributed by atoms with Gasteiger partial charge >= 0.3 is 0 Å². The molecule has 0 spiro atoms. The standard InChI is InChI=1S/C14H19F2N3.BrH/c1-14(15,16)12-6-4-11(5-7-12)10-19-13-17-8-2-3-9-18-13;/h4-7H,2-3,8-10H2,1H3,(H2,17,18,19);1H. The number of alkyl halides is 2. The molecule has 20 heavy (non-hydrogen) atoms. The van der Waals surface area contributed by atoms with Crippen molar-refractivity contribution in [2.45, 2.75) is 32.2 Å². The minimum Gasteiger partial charge on any atom is -0.356 e. The number of benzene rings is 1. The molecule has 112 valence electrons. The lowest BCUT2D eigenvalue weighted by Gasteiger charge is -2.12. The molecule has 2 rings (SSSR count). The maximum atomic E-state index is 13.1. The Morgan fingerprint density at radius 2 is 1.95 bits per heavy atom. The molecule has 0 unspecified atom stereocenters. The van der Waals surface area contributed by atoms with Crippen LogP contribution in [-0.4, -0.2) is 19.0 Å².